The molecule has 0 saturated heterocycles. The van der Waals surface area contributed by atoms with Gasteiger partial charge in [0, 0.05) is 25.3 Å². The number of ether oxygens (including phenoxy) is 1. The molecule has 0 aliphatic heterocycles. The highest BCUT2D eigenvalue weighted by molar-refractivity contribution is 5.70. The van der Waals surface area contributed by atoms with Gasteiger partial charge in [-0.15, -0.1) is 5.10 Å². The fourth-order valence-corrected chi connectivity index (χ4v) is 2.28. The summed E-state index contributed by atoms with van der Waals surface area (Å²) in [5.74, 6) is 0.872. The van der Waals surface area contributed by atoms with Gasteiger partial charge in [0.2, 0.25) is 5.95 Å². The molecule has 0 amide bonds. The Labute approximate surface area is 122 Å². The third-order valence-corrected chi connectivity index (χ3v) is 3.34. The second-order valence-corrected chi connectivity index (χ2v) is 4.94. The maximum Gasteiger partial charge on any atom is 0.240 e. The molecule has 2 N–H and O–H groups in total. The number of pyridine rings is 1. The van der Waals surface area contributed by atoms with Crippen LogP contribution in [0, 0.1) is 0 Å². The summed E-state index contributed by atoms with van der Waals surface area (Å²) >= 11 is 0. The number of benzene rings is 1. The third-order valence-electron chi connectivity index (χ3n) is 3.34. The molecule has 0 fully saturated rings. The first-order chi connectivity index (χ1) is 10.1. The number of anilines is 2. The van der Waals surface area contributed by atoms with Gasteiger partial charge < -0.3 is 15.4 Å². The van der Waals surface area contributed by atoms with Crippen LogP contribution < -0.4 is 15.4 Å². The Bertz CT molecular complexity index is 794. The predicted octanol–water partition coefficient (Wildman–Crippen LogP) is 2.05. The molecule has 21 heavy (non-hydrogen) atoms. The molecule has 3 aromatic rings. The quantitative estimate of drug-likeness (QED) is 0.796. The molecule has 3 rings (SSSR count). The highest BCUT2D eigenvalue weighted by atomic mass is 16.5. The minimum absolute atomic E-state index is 0.226. The lowest BCUT2D eigenvalue weighted by molar-refractivity contribution is 0.416. The second kappa shape index (κ2) is 4.97. The fourth-order valence-electron chi connectivity index (χ4n) is 2.28. The number of nitrogens with zero attached hydrogens (tertiary/aromatic N) is 4. The minimum atomic E-state index is 0.226. The van der Waals surface area contributed by atoms with Gasteiger partial charge in [-0.3, -0.25) is 0 Å². The zero-order chi connectivity index (χ0) is 15.0. The lowest BCUT2D eigenvalue weighted by Gasteiger charge is -2.14. The topological polar surface area (TPSA) is 68.7 Å². The number of hydrogen-bond acceptors (Lipinski definition) is 5. The van der Waals surface area contributed by atoms with E-state index in [0.29, 0.717) is 11.4 Å². The van der Waals surface area contributed by atoms with Crippen molar-refractivity contribution in [2.75, 3.05) is 31.8 Å². The molecule has 0 aliphatic rings. The lowest BCUT2D eigenvalue weighted by atomic mass is 10.1. The molecule has 0 aliphatic carbocycles. The van der Waals surface area contributed by atoms with Crippen molar-refractivity contribution in [3.05, 3.63) is 36.4 Å². The normalized spacial score (nSPS) is 10.8. The van der Waals surface area contributed by atoms with Crippen LogP contribution in [0.4, 0.5) is 11.6 Å². The molecule has 2 aromatic heterocycles. The van der Waals surface area contributed by atoms with Crippen LogP contribution in [0.25, 0.3) is 16.9 Å². The van der Waals surface area contributed by atoms with Crippen LogP contribution in [0.2, 0.25) is 0 Å². The van der Waals surface area contributed by atoms with E-state index < -0.39 is 0 Å². The summed E-state index contributed by atoms with van der Waals surface area (Å²) in [5, 5.41) is 4.26. The summed E-state index contributed by atoms with van der Waals surface area (Å²) in [6, 6.07) is 12.0. The van der Waals surface area contributed by atoms with Gasteiger partial charge in [-0.1, -0.05) is 12.1 Å². The molecule has 0 radical (unpaired) electrons. The van der Waals surface area contributed by atoms with Crippen molar-refractivity contribution >= 4 is 17.3 Å². The predicted molar refractivity (Wildman–Crippen MR) is 83.7 cm³/mol. The van der Waals surface area contributed by atoms with E-state index in [9.17, 15) is 0 Å². The fraction of sp³-hybridized carbons (Fsp3) is 0.200. The van der Waals surface area contributed by atoms with Crippen molar-refractivity contribution in [3.63, 3.8) is 0 Å². The maximum atomic E-state index is 5.73. The average Bonchev–Trinajstić information content (AvgIpc) is 2.87. The van der Waals surface area contributed by atoms with Gasteiger partial charge in [-0.05, 0) is 24.3 Å². The van der Waals surface area contributed by atoms with Crippen LogP contribution in [0.15, 0.2) is 36.4 Å². The van der Waals surface area contributed by atoms with Crippen molar-refractivity contribution in [3.8, 4) is 17.0 Å². The molecule has 0 bridgehead atoms. The summed E-state index contributed by atoms with van der Waals surface area (Å²) in [7, 11) is 5.62. The van der Waals surface area contributed by atoms with Gasteiger partial charge in [-0.2, -0.15) is 4.98 Å². The third kappa shape index (κ3) is 2.24. The Kier molecular flexibility index (Phi) is 3.13. The van der Waals surface area contributed by atoms with E-state index >= 15 is 0 Å². The van der Waals surface area contributed by atoms with Crippen LogP contribution in [0.1, 0.15) is 0 Å². The number of methoxy groups -OCH3 is 1. The molecule has 0 spiro atoms. The molecule has 0 unspecified atom stereocenters. The van der Waals surface area contributed by atoms with Crippen molar-refractivity contribution < 1.29 is 4.74 Å². The summed E-state index contributed by atoms with van der Waals surface area (Å²) < 4.78 is 7.02. The van der Waals surface area contributed by atoms with Crippen molar-refractivity contribution in [2.45, 2.75) is 0 Å². The number of nitrogens with two attached hydrogens (primary N) is 1. The van der Waals surface area contributed by atoms with Crippen molar-refractivity contribution in [2.24, 2.45) is 0 Å². The number of hydrogen-bond donors (Lipinski definition) is 1. The Hall–Kier alpha value is -2.76. The van der Waals surface area contributed by atoms with Gasteiger partial charge in [0.1, 0.15) is 0 Å². The highest BCUT2D eigenvalue weighted by Crippen LogP contribution is 2.28. The zero-order valence-electron chi connectivity index (χ0n) is 12.2. The molecule has 0 saturated carbocycles. The van der Waals surface area contributed by atoms with E-state index in [4.69, 9.17) is 10.5 Å². The molecular weight excluding hydrogens is 266 g/mol. The lowest BCUT2D eigenvalue weighted by Crippen LogP contribution is -2.08. The minimum Gasteiger partial charge on any atom is -0.493 e. The second-order valence-electron chi connectivity index (χ2n) is 4.94. The molecule has 1 aromatic carbocycles. The standard InChI is InChI=1S/C15H17N5O/c1-19(2)11-6-4-5-10(9-11)12-7-8-13(21-3)14-17-15(16)18-20(12)14/h4-9H,1-3H3,(H2,16,18). The number of nitrogen functional groups attached to an aromatic ring is 1. The largest absolute Gasteiger partial charge is 0.493 e. The first-order valence-electron chi connectivity index (χ1n) is 6.57. The summed E-state index contributed by atoms with van der Waals surface area (Å²) in [6.07, 6.45) is 0. The van der Waals surface area contributed by atoms with Crippen LogP contribution in [0.3, 0.4) is 0 Å². The van der Waals surface area contributed by atoms with E-state index in [1.807, 2.05) is 38.4 Å². The van der Waals surface area contributed by atoms with Crippen LogP contribution in [0.5, 0.6) is 5.75 Å². The van der Waals surface area contributed by atoms with Gasteiger partial charge in [0.25, 0.3) is 0 Å². The SMILES string of the molecule is COc1ccc(-c2cccc(N(C)C)c2)n2nc(N)nc12. The van der Waals surface area contributed by atoms with Gasteiger partial charge in [0.15, 0.2) is 11.4 Å². The van der Waals surface area contributed by atoms with Gasteiger partial charge in [-0.25, -0.2) is 4.52 Å². The number of aromatic nitrogens is 3. The van der Waals surface area contributed by atoms with E-state index in [0.717, 1.165) is 16.9 Å². The van der Waals surface area contributed by atoms with Crippen molar-refractivity contribution in [1.29, 1.82) is 0 Å². The van der Waals surface area contributed by atoms with E-state index in [2.05, 4.69) is 27.1 Å². The smallest absolute Gasteiger partial charge is 0.240 e. The zero-order valence-corrected chi connectivity index (χ0v) is 12.2. The van der Waals surface area contributed by atoms with Gasteiger partial charge in [0.05, 0.1) is 12.8 Å². The summed E-state index contributed by atoms with van der Waals surface area (Å²) in [5.41, 5.74) is 9.42. The molecule has 6 heteroatoms. The van der Waals surface area contributed by atoms with Crippen LogP contribution in [-0.4, -0.2) is 35.8 Å². The first kappa shape index (κ1) is 13.2. The molecule has 2 heterocycles. The van der Waals surface area contributed by atoms with Crippen LogP contribution >= 0.6 is 0 Å². The monoisotopic (exact) mass is 283 g/mol. The Morgan fingerprint density at radius 1 is 1.19 bits per heavy atom. The van der Waals surface area contributed by atoms with Gasteiger partial charge >= 0.3 is 0 Å². The molecular formula is C15H17N5O. The molecule has 6 nitrogen and oxygen atoms in total. The highest BCUT2D eigenvalue weighted by Gasteiger charge is 2.12. The van der Waals surface area contributed by atoms with E-state index in [1.165, 1.54) is 0 Å². The molecule has 108 valence electrons. The average molecular weight is 283 g/mol. The van der Waals surface area contributed by atoms with E-state index in [1.54, 1.807) is 11.6 Å². The Balaban J connectivity index is 2.23. The Morgan fingerprint density at radius 2 is 2.00 bits per heavy atom. The number of fused-ring (bicyclic) bond motifs is 1. The summed E-state index contributed by atoms with van der Waals surface area (Å²) in [4.78, 5) is 6.28. The van der Waals surface area contributed by atoms with Crippen LogP contribution in [-0.2, 0) is 0 Å². The Morgan fingerprint density at radius 3 is 2.71 bits per heavy atom. The maximum absolute atomic E-state index is 5.73. The first-order valence-corrected chi connectivity index (χ1v) is 6.57. The number of rotatable bonds is 3. The van der Waals surface area contributed by atoms with E-state index in [-0.39, 0.29) is 5.95 Å². The molecule has 0 atom stereocenters. The summed E-state index contributed by atoms with van der Waals surface area (Å²) in [6.45, 7) is 0. The van der Waals surface area contributed by atoms with Crippen molar-refractivity contribution in [1.82, 2.24) is 14.6 Å².